The fraction of sp³-hybridized carbons (Fsp3) is 0.174. The summed E-state index contributed by atoms with van der Waals surface area (Å²) in [5.41, 5.74) is -2.80. The van der Waals surface area contributed by atoms with Gasteiger partial charge >= 0.3 is 6.18 Å². The van der Waals surface area contributed by atoms with Crippen molar-refractivity contribution >= 4 is 11.4 Å². The number of fused-ring (bicyclic) bond motifs is 1. The molecule has 1 N–H and O–H groups in total. The van der Waals surface area contributed by atoms with E-state index in [4.69, 9.17) is 15.6 Å². The van der Waals surface area contributed by atoms with Crippen molar-refractivity contribution in [2.45, 2.75) is 20.0 Å². The van der Waals surface area contributed by atoms with Crippen LogP contribution in [0, 0.1) is 32.0 Å². The Morgan fingerprint density at radius 3 is 2.65 bits per heavy atom. The molecular formula is C23H16F4N4O3. The van der Waals surface area contributed by atoms with Crippen LogP contribution >= 0.6 is 0 Å². The molecule has 0 saturated heterocycles. The van der Waals surface area contributed by atoms with Gasteiger partial charge in [-0.2, -0.15) is 22.8 Å². The van der Waals surface area contributed by atoms with Crippen molar-refractivity contribution < 1.29 is 26.7 Å². The maximum atomic E-state index is 13.8. The quantitative estimate of drug-likeness (QED) is 0.264. The van der Waals surface area contributed by atoms with Crippen LogP contribution in [0.5, 0.6) is 0 Å². The van der Waals surface area contributed by atoms with E-state index in [1.165, 1.54) is 32.2 Å². The molecule has 4 rings (SSSR count). The number of nitrogens with zero attached hydrogens (tertiary/aromatic N) is 3. The first-order valence-corrected chi connectivity index (χ1v) is 9.74. The van der Waals surface area contributed by atoms with Crippen LogP contribution in [0.25, 0.3) is 34.0 Å². The average Bonchev–Trinajstić information content (AvgIpc) is 3.33. The molecule has 0 amide bonds. The fourth-order valence-electron chi connectivity index (χ4n) is 3.59. The molecule has 34 heavy (non-hydrogen) atoms. The van der Waals surface area contributed by atoms with Gasteiger partial charge in [0.05, 0.1) is 12.7 Å². The second-order valence-corrected chi connectivity index (χ2v) is 7.23. The summed E-state index contributed by atoms with van der Waals surface area (Å²) in [6.45, 7) is 3.04. The summed E-state index contributed by atoms with van der Waals surface area (Å²) in [6.07, 6.45) is 1.68. The molecule has 174 valence electrons. The van der Waals surface area contributed by atoms with E-state index >= 15 is 0 Å². The maximum Gasteiger partial charge on any atom is 0.435 e. The number of terminal acetylenes is 1. The number of ether oxygens (including phenoxy) is 1. The largest absolute Gasteiger partial charge is 0.494 e. The van der Waals surface area contributed by atoms with E-state index in [-0.39, 0.29) is 45.6 Å². The Morgan fingerprint density at radius 2 is 2.03 bits per heavy atom. The molecule has 3 heterocycles. The number of alkyl halides is 3. The van der Waals surface area contributed by atoms with Crippen molar-refractivity contribution in [3.8, 4) is 34.9 Å². The van der Waals surface area contributed by atoms with Crippen LogP contribution in [0.2, 0.25) is 0 Å². The molecule has 4 aromatic rings. The van der Waals surface area contributed by atoms with Crippen molar-refractivity contribution in [1.29, 1.82) is 0 Å². The van der Waals surface area contributed by atoms with E-state index < -0.39 is 28.8 Å². The van der Waals surface area contributed by atoms with E-state index in [9.17, 15) is 22.4 Å². The molecule has 0 saturated carbocycles. The predicted octanol–water partition coefficient (Wildman–Crippen LogP) is 4.74. The molecular weight excluding hydrogens is 456 g/mol. The van der Waals surface area contributed by atoms with Crippen LogP contribution in [-0.2, 0) is 10.9 Å². The molecule has 0 aliphatic rings. The van der Waals surface area contributed by atoms with Crippen LogP contribution in [0.4, 0.5) is 17.6 Å². The Bertz CT molecular complexity index is 1550. The number of hydrogen-bond acceptors (Lipinski definition) is 5. The van der Waals surface area contributed by atoms with Gasteiger partial charge in [-0.05, 0) is 31.5 Å². The number of nitrogens with one attached hydrogen (secondary N) is 1. The first-order chi connectivity index (χ1) is 16.1. The number of aromatic nitrogens is 4. The minimum atomic E-state index is -4.91. The van der Waals surface area contributed by atoms with Gasteiger partial charge in [0.1, 0.15) is 28.5 Å². The monoisotopic (exact) mass is 472 g/mol. The van der Waals surface area contributed by atoms with Gasteiger partial charge in [-0.3, -0.25) is 4.79 Å². The molecule has 0 aliphatic carbocycles. The van der Waals surface area contributed by atoms with E-state index in [2.05, 4.69) is 21.0 Å². The Labute approximate surface area is 189 Å². The molecule has 0 aliphatic heterocycles. The average molecular weight is 472 g/mol. The molecule has 7 nitrogen and oxygen atoms in total. The number of aromatic amines is 1. The Balaban J connectivity index is 2.02. The lowest BCUT2D eigenvalue weighted by Gasteiger charge is -2.07. The minimum absolute atomic E-state index is 0.0939. The van der Waals surface area contributed by atoms with Crippen molar-refractivity contribution in [3.05, 3.63) is 69.4 Å². The highest BCUT2D eigenvalue weighted by Crippen LogP contribution is 2.38. The summed E-state index contributed by atoms with van der Waals surface area (Å²) >= 11 is 0. The Hall–Kier alpha value is -4.33. The first-order valence-electron chi connectivity index (χ1n) is 9.74. The summed E-state index contributed by atoms with van der Waals surface area (Å²) in [5.74, 6) is 1.88. The van der Waals surface area contributed by atoms with Crippen molar-refractivity contribution in [3.63, 3.8) is 0 Å². The zero-order valence-corrected chi connectivity index (χ0v) is 18.0. The maximum absolute atomic E-state index is 13.8. The van der Waals surface area contributed by atoms with Crippen LogP contribution in [0.1, 0.15) is 22.8 Å². The van der Waals surface area contributed by atoms with Gasteiger partial charge in [-0.1, -0.05) is 18.1 Å². The number of halogens is 4. The second kappa shape index (κ2) is 8.22. The van der Waals surface area contributed by atoms with Crippen molar-refractivity contribution in [2.24, 2.45) is 0 Å². The van der Waals surface area contributed by atoms with E-state index in [0.29, 0.717) is 4.52 Å². The highest BCUT2D eigenvalue weighted by atomic mass is 19.4. The minimum Gasteiger partial charge on any atom is -0.494 e. The zero-order valence-electron chi connectivity index (χ0n) is 18.0. The summed E-state index contributed by atoms with van der Waals surface area (Å²) in [6, 6.07) is 4.59. The van der Waals surface area contributed by atoms with Gasteiger partial charge in [0.15, 0.2) is 11.5 Å². The van der Waals surface area contributed by atoms with Gasteiger partial charge in [0.2, 0.25) is 5.89 Å². The second-order valence-electron chi connectivity index (χ2n) is 7.23. The third-order valence-electron chi connectivity index (χ3n) is 5.03. The number of methoxy groups -OCH3 is 1. The molecule has 0 fully saturated rings. The first kappa shape index (κ1) is 22.8. The van der Waals surface area contributed by atoms with Gasteiger partial charge < -0.3 is 14.1 Å². The lowest BCUT2D eigenvalue weighted by atomic mass is 10.1. The molecule has 0 bridgehead atoms. The molecule has 11 heteroatoms. The Morgan fingerprint density at radius 1 is 1.29 bits per heavy atom. The molecule has 0 radical (unpaired) electrons. The smallest absolute Gasteiger partial charge is 0.435 e. The van der Waals surface area contributed by atoms with Gasteiger partial charge in [-0.25, -0.2) is 9.37 Å². The number of rotatable bonds is 4. The predicted molar refractivity (Wildman–Crippen MR) is 115 cm³/mol. The van der Waals surface area contributed by atoms with E-state index in [1.54, 1.807) is 6.92 Å². The molecule has 0 spiro atoms. The summed E-state index contributed by atoms with van der Waals surface area (Å²) in [5, 5.41) is 3.52. The van der Waals surface area contributed by atoms with Crippen LogP contribution in [-0.4, -0.2) is 26.7 Å². The highest BCUT2D eigenvalue weighted by Gasteiger charge is 2.39. The standard InChI is InChI=1S/C23H16F4N4O3/c1-5-7-15(33-4)18-12(3)34-21(29-18)16-11(2)28-20-17(13-8-6-9-14(24)10-13)19(23(25,26)27)30-31(20)22(16)32/h1,6-10,28H,2-4H3/b15-7+. The van der Waals surface area contributed by atoms with Crippen LogP contribution in [0.15, 0.2) is 39.6 Å². The van der Waals surface area contributed by atoms with E-state index in [1.807, 2.05) is 0 Å². The zero-order chi connectivity index (χ0) is 24.8. The number of oxazole rings is 1. The van der Waals surface area contributed by atoms with Crippen molar-refractivity contribution in [1.82, 2.24) is 19.6 Å². The highest BCUT2D eigenvalue weighted by molar-refractivity contribution is 5.81. The fourth-order valence-corrected chi connectivity index (χ4v) is 3.59. The van der Waals surface area contributed by atoms with Crippen LogP contribution < -0.4 is 5.56 Å². The van der Waals surface area contributed by atoms with Gasteiger partial charge in [0.25, 0.3) is 5.56 Å². The number of benzene rings is 1. The number of H-pyrrole nitrogens is 1. The molecule has 0 unspecified atom stereocenters. The molecule has 3 aromatic heterocycles. The topological polar surface area (TPSA) is 85.4 Å². The van der Waals surface area contributed by atoms with Gasteiger partial charge in [0, 0.05) is 11.8 Å². The van der Waals surface area contributed by atoms with E-state index in [0.717, 1.165) is 12.1 Å². The lowest BCUT2D eigenvalue weighted by Crippen LogP contribution is -2.20. The lowest BCUT2D eigenvalue weighted by molar-refractivity contribution is -0.140. The molecule has 1 aromatic carbocycles. The number of hydrogen-bond donors (Lipinski definition) is 1. The van der Waals surface area contributed by atoms with Gasteiger partial charge in [-0.15, -0.1) is 6.42 Å². The summed E-state index contributed by atoms with van der Waals surface area (Å²) in [4.78, 5) is 20.3. The third kappa shape index (κ3) is 3.73. The summed E-state index contributed by atoms with van der Waals surface area (Å²) in [7, 11) is 1.37. The van der Waals surface area contributed by atoms with Crippen LogP contribution in [0.3, 0.4) is 0 Å². The van der Waals surface area contributed by atoms with Crippen molar-refractivity contribution in [2.75, 3.05) is 7.11 Å². The summed E-state index contributed by atoms with van der Waals surface area (Å²) < 4.78 is 66.7. The Kier molecular flexibility index (Phi) is 5.53. The third-order valence-corrected chi connectivity index (χ3v) is 5.03. The SMILES string of the molecule is C#C/C=C(/OC)c1nc(-c2c(C)[nH]c3c(-c4cccc(F)c4)c(C(F)(F)F)nn3c2=O)oc1C. The number of aryl methyl sites for hydroxylation is 2. The normalized spacial score (nSPS) is 12.2. The molecule has 0 atom stereocenters. The number of allylic oxidation sites excluding steroid dienone is 1.